The van der Waals surface area contributed by atoms with Gasteiger partial charge in [-0.25, -0.2) is 4.98 Å². The third-order valence-corrected chi connectivity index (χ3v) is 5.42. The van der Waals surface area contributed by atoms with Gasteiger partial charge in [0, 0.05) is 31.4 Å². The molecule has 1 unspecified atom stereocenters. The number of aromatic nitrogens is 1. The van der Waals surface area contributed by atoms with Crippen molar-refractivity contribution in [2.24, 2.45) is 0 Å². The van der Waals surface area contributed by atoms with Gasteiger partial charge in [0.25, 0.3) is 5.91 Å². The highest BCUT2D eigenvalue weighted by atomic mass is 16.5. The number of pyridine rings is 1. The quantitative estimate of drug-likeness (QED) is 0.806. The van der Waals surface area contributed by atoms with Crippen LogP contribution in [0.15, 0.2) is 36.5 Å². The van der Waals surface area contributed by atoms with Gasteiger partial charge in [0.1, 0.15) is 17.3 Å². The lowest BCUT2D eigenvalue weighted by molar-refractivity contribution is 0.102. The molecule has 0 radical (unpaired) electrons. The van der Waals surface area contributed by atoms with Crippen molar-refractivity contribution in [2.45, 2.75) is 25.3 Å². The third kappa shape index (κ3) is 4.98. The molecule has 1 aliphatic heterocycles. The molecule has 0 aliphatic carbocycles. The summed E-state index contributed by atoms with van der Waals surface area (Å²) in [7, 11) is 7.42. The number of amides is 1. The van der Waals surface area contributed by atoms with Crippen molar-refractivity contribution in [1.29, 1.82) is 0 Å². The molecule has 2 aromatic rings. The SMILES string of the molecule is COc1ccc(NC(=O)c2cccnc2N2CCCC(N(C)C)CC2)c(OC)c1. The second-order valence-electron chi connectivity index (χ2n) is 7.43. The Morgan fingerprint density at radius 1 is 1.17 bits per heavy atom. The minimum Gasteiger partial charge on any atom is -0.497 e. The lowest BCUT2D eigenvalue weighted by atomic mass is 10.1. The zero-order chi connectivity index (χ0) is 20.8. The molecule has 2 heterocycles. The van der Waals surface area contributed by atoms with Crippen LogP contribution in [0.25, 0.3) is 0 Å². The highest BCUT2D eigenvalue weighted by Gasteiger charge is 2.23. The van der Waals surface area contributed by atoms with Crippen LogP contribution in [-0.2, 0) is 0 Å². The van der Waals surface area contributed by atoms with Crippen molar-refractivity contribution in [3.8, 4) is 11.5 Å². The number of methoxy groups -OCH3 is 2. The van der Waals surface area contributed by atoms with Gasteiger partial charge in [0.05, 0.1) is 25.5 Å². The molecule has 0 saturated carbocycles. The Bertz CT molecular complexity index is 841. The number of nitrogens with zero attached hydrogens (tertiary/aromatic N) is 3. The van der Waals surface area contributed by atoms with Crippen molar-refractivity contribution < 1.29 is 14.3 Å². The number of nitrogens with one attached hydrogen (secondary N) is 1. The Labute approximate surface area is 172 Å². The number of benzene rings is 1. The largest absolute Gasteiger partial charge is 0.497 e. The van der Waals surface area contributed by atoms with Crippen molar-refractivity contribution in [3.63, 3.8) is 0 Å². The molecule has 7 nitrogen and oxygen atoms in total. The molecule has 1 atom stereocenters. The van der Waals surface area contributed by atoms with Gasteiger partial charge in [-0.2, -0.15) is 0 Å². The predicted octanol–water partition coefficient (Wildman–Crippen LogP) is 3.27. The van der Waals surface area contributed by atoms with E-state index in [0.29, 0.717) is 28.8 Å². The summed E-state index contributed by atoms with van der Waals surface area (Å²) in [5.74, 6) is 1.75. The van der Waals surface area contributed by atoms with Gasteiger partial charge >= 0.3 is 0 Å². The van der Waals surface area contributed by atoms with E-state index >= 15 is 0 Å². The van der Waals surface area contributed by atoms with Crippen LogP contribution in [0.4, 0.5) is 11.5 Å². The summed E-state index contributed by atoms with van der Waals surface area (Å²) < 4.78 is 10.6. The number of hydrogen-bond acceptors (Lipinski definition) is 6. The molecule has 1 amide bonds. The first-order chi connectivity index (χ1) is 14.0. The summed E-state index contributed by atoms with van der Waals surface area (Å²) in [5.41, 5.74) is 1.16. The van der Waals surface area contributed by atoms with Gasteiger partial charge in [0.15, 0.2) is 0 Å². The van der Waals surface area contributed by atoms with Crippen LogP contribution >= 0.6 is 0 Å². The molecule has 1 aromatic heterocycles. The van der Waals surface area contributed by atoms with Crippen LogP contribution in [0.5, 0.6) is 11.5 Å². The molecule has 0 spiro atoms. The van der Waals surface area contributed by atoms with E-state index in [4.69, 9.17) is 9.47 Å². The third-order valence-electron chi connectivity index (χ3n) is 5.42. The van der Waals surface area contributed by atoms with Crippen molar-refractivity contribution in [3.05, 3.63) is 42.1 Å². The number of ether oxygens (including phenoxy) is 2. The Morgan fingerprint density at radius 2 is 2.00 bits per heavy atom. The number of rotatable bonds is 6. The average molecular weight is 399 g/mol. The number of hydrogen-bond donors (Lipinski definition) is 1. The summed E-state index contributed by atoms with van der Waals surface area (Å²) >= 11 is 0. The van der Waals surface area contributed by atoms with Crippen molar-refractivity contribution in [1.82, 2.24) is 9.88 Å². The van der Waals surface area contributed by atoms with Crippen LogP contribution in [-0.4, -0.2) is 63.2 Å². The normalized spacial score (nSPS) is 17.0. The number of carbonyl (C=O) groups excluding carboxylic acids is 1. The van der Waals surface area contributed by atoms with Crippen LogP contribution in [0.2, 0.25) is 0 Å². The van der Waals surface area contributed by atoms with E-state index in [1.165, 1.54) is 0 Å². The fraction of sp³-hybridized carbons (Fsp3) is 0.455. The van der Waals surface area contributed by atoms with E-state index in [2.05, 4.69) is 34.2 Å². The van der Waals surface area contributed by atoms with Crippen LogP contribution in [0.3, 0.4) is 0 Å². The van der Waals surface area contributed by atoms with Crippen molar-refractivity contribution in [2.75, 3.05) is 51.6 Å². The van der Waals surface area contributed by atoms with Gasteiger partial charge in [-0.15, -0.1) is 0 Å². The number of carbonyl (C=O) groups is 1. The molecule has 1 N–H and O–H groups in total. The molecule has 7 heteroatoms. The summed E-state index contributed by atoms with van der Waals surface area (Å²) in [4.78, 5) is 22.1. The zero-order valence-corrected chi connectivity index (χ0v) is 17.6. The van der Waals surface area contributed by atoms with Crippen molar-refractivity contribution >= 4 is 17.4 Å². The highest BCUT2D eigenvalue weighted by Crippen LogP contribution is 2.30. The zero-order valence-electron chi connectivity index (χ0n) is 17.6. The second kappa shape index (κ2) is 9.60. The lowest BCUT2D eigenvalue weighted by Gasteiger charge is -2.25. The summed E-state index contributed by atoms with van der Waals surface area (Å²) in [5, 5.41) is 2.96. The molecule has 1 saturated heterocycles. The van der Waals surface area contributed by atoms with Crippen LogP contribution in [0.1, 0.15) is 29.6 Å². The summed E-state index contributed by atoms with van der Waals surface area (Å²) in [6.45, 7) is 1.78. The predicted molar refractivity (Wildman–Crippen MR) is 115 cm³/mol. The van der Waals surface area contributed by atoms with Crippen LogP contribution < -0.4 is 19.7 Å². The standard InChI is InChI=1S/C22H30N4O3/c1-25(2)16-7-6-13-26(14-11-16)21-18(8-5-12-23-21)22(27)24-19-10-9-17(28-3)15-20(19)29-4/h5,8-10,12,15-16H,6-7,11,13-14H2,1-4H3,(H,24,27). The molecule has 1 aliphatic rings. The number of anilines is 2. The Balaban J connectivity index is 1.81. The molecule has 3 rings (SSSR count). The van der Waals surface area contributed by atoms with E-state index < -0.39 is 0 Å². The maximum Gasteiger partial charge on any atom is 0.259 e. The van der Waals surface area contributed by atoms with Gasteiger partial charge in [-0.05, 0) is 57.6 Å². The van der Waals surface area contributed by atoms with Gasteiger partial charge in [0.2, 0.25) is 0 Å². The van der Waals surface area contributed by atoms with Crippen LogP contribution in [0, 0.1) is 0 Å². The first kappa shape index (κ1) is 20.9. The van der Waals surface area contributed by atoms with Gasteiger partial charge < -0.3 is 24.6 Å². The molecular weight excluding hydrogens is 368 g/mol. The van der Waals surface area contributed by atoms with E-state index in [9.17, 15) is 4.79 Å². The molecule has 156 valence electrons. The minimum absolute atomic E-state index is 0.204. The van der Waals surface area contributed by atoms with E-state index in [0.717, 1.165) is 38.2 Å². The van der Waals surface area contributed by atoms with E-state index in [1.807, 2.05) is 6.07 Å². The van der Waals surface area contributed by atoms with Gasteiger partial charge in [-0.1, -0.05) is 0 Å². The Kier molecular flexibility index (Phi) is 6.93. The topological polar surface area (TPSA) is 66.9 Å². The lowest BCUT2D eigenvalue weighted by Crippen LogP contribution is -2.31. The van der Waals surface area contributed by atoms with E-state index in [-0.39, 0.29) is 5.91 Å². The van der Waals surface area contributed by atoms with Gasteiger partial charge in [-0.3, -0.25) is 4.79 Å². The molecule has 29 heavy (non-hydrogen) atoms. The first-order valence-electron chi connectivity index (χ1n) is 9.93. The summed E-state index contributed by atoms with van der Waals surface area (Å²) in [6, 6.07) is 9.49. The second-order valence-corrected chi connectivity index (χ2v) is 7.43. The molecule has 1 fully saturated rings. The average Bonchev–Trinajstić information content (AvgIpc) is 3.00. The fourth-order valence-electron chi connectivity index (χ4n) is 3.72. The Hall–Kier alpha value is -2.80. The maximum absolute atomic E-state index is 13.1. The first-order valence-corrected chi connectivity index (χ1v) is 9.93. The molecular formula is C22H30N4O3. The molecule has 1 aromatic carbocycles. The highest BCUT2D eigenvalue weighted by molar-refractivity contribution is 6.08. The van der Waals surface area contributed by atoms with E-state index in [1.54, 1.807) is 44.7 Å². The Morgan fingerprint density at radius 3 is 2.72 bits per heavy atom. The molecule has 0 bridgehead atoms. The summed E-state index contributed by atoms with van der Waals surface area (Å²) in [6.07, 6.45) is 5.03. The monoisotopic (exact) mass is 398 g/mol. The smallest absolute Gasteiger partial charge is 0.259 e. The minimum atomic E-state index is -0.204. The maximum atomic E-state index is 13.1. The fourth-order valence-corrected chi connectivity index (χ4v) is 3.72.